The van der Waals surface area contributed by atoms with Gasteiger partial charge in [-0.1, -0.05) is 30.3 Å². The second kappa shape index (κ2) is 5.20. The Bertz CT molecular complexity index is 575. The molecule has 0 spiro atoms. The largest absolute Gasteiger partial charge is 0.361 e. The second-order valence-electron chi connectivity index (χ2n) is 4.54. The summed E-state index contributed by atoms with van der Waals surface area (Å²) < 4.78 is 0. The minimum atomic E-state index is 0.255. The zero-order valence-corrected chi connectivity index (χ0v) is 10.6. The lowest BCUT2D eigenvalue weighted by atomic mass is 10.1. The highest BCUT2D eigenvalue weighted by Crippen LogP contribution is 2.18. The van der Waals surface area contributed by atoms with E-state index in [1.54, 1.807) is 0 Å². The van der Waals surface area contributed by atoms with Gasteiger partial charge in [0.05, 0.1) is 18.3 Å². The van der Waals surface area contributed by atoms with Crippen LogP contribution in [0.25, 0.3) is 0 Å². The van der Waals surface area contributed by atoms with Crippen molar-refractivity contribution in [3.05, 3.63) is 65.5 Å². The van der Waals surface area contributed by atoms with Crippen molar-refractivity contribution < 1.29 is 0 Å². The number of aromatic nitrogens is 1. The van der Waals surface area contributed by atoms with Crippen molar-refractivity contribution in [1.29, 1.82) is 0 Å². The number of hydrogen-bond donors (Lipinski definition) is 2. The monoisotopic (exact) mass is 252 g/mol. The fourth-order valence-corrected chi connectivity index (χ4v) is 2.17. The van der Waals surface area contributed by atoms with Gasteiger partial charge in [-0.25, -0.2) is 0 Å². The number of aliphatic imine (C=N–C) groups is 1. The van der Waals surface area contributed by atoms with Crippen molar-refractivity contribution in [3.63, 3.8) is 0 Å². The Balaban J connectivity index is 1.74. The smallest absolute Gasteiger partial charge is 0.130 e. The van der Waals surface area contributed by atoms with Crippen LogP contribution in [0.15, 0.2) is 53.7 Å². The van der Waals surface area contributed by atoms with Crippen LogP contribution in [0.1, 0.15) is 22.9 Å². The number of pyridine rings is 1. The molecular formula is C15H16N4. The van der Waals surface area contributed by atoms with Crippen molar-refractivity contribution in [1.82, 2.24) is 10.3 Å². The lowest BCUT2D eigenvalue weighted by Gasteiger charge is -2.12. The predicted octanol–water partition coefficient (Wildman–Crippen LogP) is 1.63. The average molecular weight is 252 g/mol. The van der Waals surface area contributed by atoms with Gasteiger partial charge in [0.2, 0.25) is 0 Å². The van der Waals surface area contributed by atoms with Gasteiger partial charge in [-0.05, 0) is 17.7 Å². The van der Waals surface area contributed by atoms with E-state index in [0.717, 1.165) is 23.6 Å². The number of hydrogen-bond acceptors (Lipinski definition) is 4. The normalized spacial score (nSPS) is 17.9. The second-order valence-corrected chi connectivity index (χ2v) is 4.54. The highest BCUT2D eigenvalue weighted by Gasteiger charge is 2.19. The first kappa shape index (κ1) is 11.9. The number of nitrogens with one attached hydrogen (secondary N) is 1. The maximum Gasteiger partial charge on any atom is 0.130 e. The third kappa shape index (κ3) is 2.48. The molecule has 3 rings (SSSR count). The van der Waals surface area contributed by atoms with Crippen LogP contribution >= 0.6 is 0 Å². The molecule has 4 heteroatoms. The van der Waals surface area contributed by atoms with E-state index in [1.807, 2.05) is 36.5 Å². The number of amidine groups is 1. The van der Waals surface area contributed by atoms with Crippen molar-refractivity contribution in [2.24, 2.45) is 10.7 Å². The summed E-state index contributed by atoms with van der Waals surface area (Å²) in [4.78, 5) is 8.85. The summed E-state index contributed by atoms with van der Waals surface area (Å²) in [5, 5.41) is 3.44. The summed E-state index contributed by atoms with van der Waals surface area (Å²) in [5.41, 5.74) is 8.70. The first-order valence-corrected chi connectivity index (χ1v) is 6.38. The van der Waals surface area contributed by atoms with Crippen molar-refractivity contribution in [2.75, 3.05) is 6.54 Å². The average Bonchev–Trinajstić information content (AvgIpc) is 2.98. The summed E-state index contributed by atoms with van der Waals surface area (Å²) in [6.07, 6.45) is 1.82. The summed E-state index contributed by atoms with van der Waals surface area (Å²) >= 11 is 0. The Morgan fingerprint density at radius 3 is 2.68 bits per heavy atom. The van der Waals surface area contributed by atoms with E-state index in [-0.39, 0.29) is 6.04 Å². The zero-order valence-electron chi connectivity index (χ0n) is 10.6. The van der Waals surface area contributed by atoms with Gasteiger partial charge < -0.3 is 11.1 Å². The Morgan fingerprint density at radius 2 is 2.00 bits per heavy atom. The van der Waals surface area contributed by atoms with Gasteiger partial charge in [0.1, 0.15) is 5.84 Å². The van der Waals surface area contributed by atoms with Crippen molar-refractivity contribution in [3.8, 4) is 0 Å². The summed E-state index contributed by atoms with van der Waals surface area (Å²) in [5.74, 6) is 0.907. The van der Waals surface area contributed by atoms with Gasteiger partial charge >= 0.3 is 0 Å². The molecular weight excluding hydrogens is 236 g/mol. The molecule has 1 aliphatic heterocycles. The van der Waals surface area contributed by atoms with Gasteiger partial charge in [0, 0.05) is 18.3 Å². The standard InChI is InChI=1S/C15H16N4/c16-8-13-7-6-12(9-17-13)15-18-10-14(19-15)11-4-2-1-3-5-11/h1-7,9,14H,8,10,16H2,(H,18,19). The molecule has 0 amide bonds. The van der Waals surface area contributed by atoms with Crippen LogP contribution in [0.3, 0.4) is 0 Å². The molecule has 0 radical (unpaired) electrons. The van der Waals surface area contributed by atoms with E-state index >= 15 is 0 Å². The molecule has 2 heterocycles. The van der Waals surface area contributed by atoms with Crippen LogP contribution in [0.4, 0.5) is 0 Å². The quantitative estimate of drug-likeness (QED) is 0.872. The number of nitrogens with two attached hydrogens (primary N) is 1. The van der Waals surface area contributed by atoms with E-state index in [4.69, 9.17) is 5.73 Å². The molecule has 4 nitrogen and oxygen atoms in total. The molecule has 0 saturated carbocycles. The van der Waals surface area contributed by atoms with E-state index in [1.165, 1.54) is 5.56 Å². The molecule has 0 aliphatic carbocycles. The molecule has 1 atom stereocenters. The first-order valence-electron chi connectivity index (χ1n) is 6.38. The minimum absolute atomic E-state index is 0.255. The van der Waals surface area contributed by atoms with Gasteiger partial charge in [-0.2, -0.15) is 0 Å². The summed E-state index contributed by atoms with van der Waals surface area (Å²) in [7, 11) is 0. The molecule has 3 N–H and O–H groups in total. The van der Waals surface area contributed by atoms with Crippen LogP contribution in [0.2, 0.25) is 0 Å². The molecule has 1 unspecified atom stereocenters. The van der Waals surface area contributed by atoms with Crippen molar-refractivity contribution in [2.45, 2.75) is 12.6 Å². The lowest BCUT2D eigenvalue weighted by molar-refractivity contribution is 0.709. The number of benzene rings is 1. The SMILES string of the molecule is NCc1ccc(C2=NCC(c3ccccc3)N2)cn1. The van der Waals surface area contributed by atoms with Gasteiger partial charge in [0.25, 0.3) is 0 Å². The minimum Gasteiger partial charge on any atom is -0.361 e. The molecule has 0 saturated heterocycles. The molecule has 1 aromatic heterocycles. The number of rotatable bonds is 3. The molecule has 96 valence electrons. The predicted molar refractivity (Wildman–Crippen MR) is 75.9 cm³/mol. The molecule has 2 aromatic rings. The van der Waals surface area contributed by atoms with Crippen LogP contribution < -0.4 is 11.1 Å². The van der Waals surface area contributed by atoms with Crippen LogP contribution in [0, 0.1) is 0 Å². The maximum atomic E-state index is 5.54. The fraction of sp³-hybridized carbons (Fsp3) is 0.200. The highest BCUT2D eigenvalue weighted by atomic mass is 15.1. The van der Waals surface area contributed by atoms with E-state index in [0.29, 0.717) is 6.54 Å². The number of nitrogens with zero attached hydrogens (tertiary/aromatic N) is 2. The molecule has 1 aromatic carbocycles. The van der Waals surface area contributed by atoms with Gasteiger partial charge in [0.15, 0.2) is 0 Å². The molecule has 1 aliphatic rings. The maximum absolute atomic E-state index is 5.54. The Labute approximate surface area is 112 Å². The fourth-order valence-electron chi connectivity index (χ4n) is 2.17. The van der Waals surface area contributed by atoms with Gasteiger partial charge in [-0.3, -0.25) is 9.98 Å². The molecule has 0 bridgehead atoms. The Kier molecular flexibility index (Phi) is 3.25. The highest BCUT2D eigenvalue weighted by molar-refractivity contribution is 5.99. The Hall–Kier alpha value is -2.20. The van der Waals surface area contributed by atoms with E-state index in [2.05, 4.69) is 27.4 Å². The lowest BCUT2D eigenvalue weighted by Crippen LogP contribution is -2.24. The zero-order chi connectivity index (χ0) is 13.1. The topological polar surface area (TPSA) is 63.3 Å². The van der Waals surface area contributed by atoms with Crippen LogP contribution in [0.5, 0.6) is 0 Å². The summed E-state index contributed by atoms with van der Waals surface area (Å²) in [6.45, 7) is 1.23. The van der Waals surface area contributed by atoms with E-state index < -0.39 is 0 Å². The van der Waals surface area contributed by atoms with Crippen LogP contribution in [-0.4, -0.2) is 17.4 Å². The third-order valence-electron chi connectivity index (χ3n) is 3.25. The van der Waals surface area contributed by atoms with E-state index in [9.17, 15) is 0 Å². The Morgan fingerprint density at radius 1 is 1.16 bits per heavy atom. The third-order valence-corrected chi connectivity index (χ3v) is 3.25. The first-order chi connectivity index (χ1) is 9.36. The van der Waals surface area contributed by atoms with Gasteiger partial charge in [-0.15, -0.1) is 0 Å². The van der Waals surface area contributed by atoms with Crippen LogP contribution in [-0.2, 0) is 6.54 Å². The van der Waals surface area contributed by atoms with Crippen molar-refractivity contribution >= 4 is 5.84 Å². The molecule has 0 fully saturated rings. The molecule has 19 heavy (non-hydrogen) atoms. The summed E-state index contributed by atoms with van der Waals surface area (Å²) in [6, 6.07) is 14.6.